The summed E-state index contributed by atoms with van der Waals surface area (Å²) in [4.78, 5) is 10.0. The van der Waals surface area contributed by atoms with Crippen LogP contribution in [0.1, 0.15) is 33.6 Å². The number of likely N-dealkylation sites (tertiary alicyclic amines) is 1. The molecular formula is C19H35IN4O2. The van der Waals surface area contributed by atoms with E-state index in [0.29, 0.717) is 12.2 Å². The van der Waals surface area contributed by atoms with Gasteiger partial charge in [-0.25, -0.2) is 0 Å². The van der Waals surface area contributed by atoms with Crippen molar-refractivity contribution in [3.8, 4) is 0 Å². The number of guanidine groups is 1. The Bertz CT molecular complexity index is 492. The maximum atomic E-state index is 6.12. The van der Waals surface area contributed by atoms with Crippen molar-refractivity contribution in [1.29, 1.82) is 0 Å². The highest BCUT2D eigenvalue weighted by Gasteiger charge is 2.53. The minimum atomic E-state index is 0. The van der Waals surface area contributed by atoms with E-state index in [2.05, 4.69) is 35.9 Å². The lowest BCUT2D eigenvalue weighted by Gasteiger charge is -2.40. The van der Waals surface area contributed by atoms with Gasteiger partial charge < -0.3 is 19.7 Å². The second-order valence-electron chi connectivity index (χ2n) is 8.61. The molecule has 0 aromatic rings. The Labute approximate surface area is 175 Å². The van der Waals surface area contributed by atoms with E-state index >= 15 is 0 Å². The number of ether oxygens (including phenoxy) is 2. The second kappa shape index (κ2) is 8.49. The van der Waals surface area contributed by atoms with Crippen LogP contribution in [0.15, 0.2) is 4.99 Å². The molecule has 0 spiro atoms. The van der Waals surface area contributed by atoms with Crippen molar-refractivity contribution >= 4 is 29.9 Å². The van der Waals surface area contributed by atoms with Crippen molar-refractivity contribution in [3.05, 3.63) is 0 Å². The molecule has 1 N–H and O–H groups in total. The van der Waals surface area contributed by atoms with Gasteiger partial charge in [-0.15, -0.1) is 24.0 Å². The van der Waals surface area contributed by atoms with Crippen LogP contribution in [0.3, 0.4) is 0 Å². The second-order valence-corrected chi connectivity index (χ2v) is 8.61. The molecular weight excluding hydrogens is 443 g/mol. The number of hydrogen-bond donors (Lipinski definition) is 1. The highest BCUT2D eigenvalue weighted by Crippen LogP contribution is 2.47. The SMILES string of the molecule is CCNC(=NCC(C)(C)N1CCOCC1)N1CC2C3CCC(O3)C2C1.I. The van der Waals surface area contributed by atoms with Crippen molar-refractivity contribution in [1.82, 2.24) is 15.1 Å². The number of nitrogens with zero attached hydrogens (tertiary/aromatic N) is 3. The Balaban J connectivity index is 0.00000196. The van der Waals surface area contributed by atoms with Crippen molar-refractivity contribution in [2.75, 3.05) is 52.5 Å². The maximum absolute atomic E-state index is 6.12. The number of nitrogens with one attached hydrogen (secondary N) is 1. The Morgan fingerprint density at radius 3 is 2.31 bits per heavy atom. The molecule has 4 heterocycles. The quantitative estimate of drug-likeness (QED) is 0.380. The van der Waals surface area contributed by atoms with Gasteiger partial charge in [-0.1, -0.05) is 0 Å². The average molecular weight is 478 g/mol. The van der Waals surface area contributed by atoms with Crippen LogP contribution in [0.2, 0.25) is 0 Å². The molecule has 0 amide bonds. The number of hydrogen-bond acceptors (Lipinski definition) is 4. The van der Waals surface area contributed by atoms with Gasteiger partial charge in [0.15, 0.2) is 5.96 Å². The molecule has 0 aliphatic carbocycles. The van der Waals surface area contributed by atoms with E-state index in [1.165, 1.54) is 12.8 Å². The van der Waals surface area contributed by atoms with E-state index < -0.39 is 0 Å². The minimum absolute atomic E-state index is 0. The topological polar surface area (TPSA) is 49.3 Å². The fourth-order valence-electron chi connectivity index (χ4n) is 5.10. The van der Waals surface area contributed by atoms with Gasteiger partial charge in [-0.05, 0) is 33.6 Å². The lowest BCUT2D eigenvalue weighted by atomic mass is 9.82. The van der Waals surface area contributed by atoms with Gasteiger partial charge in [0.25, 0.3) is 0 Å². The number of rotatable bonds is 4. The molecule has 0 aromatic heterocycles. The Morgan fingerprint density at radius 2 is 1.73 bits per heavy atom. The summed E-state index contributed by atoms with van der Waals surface area (Å²) >= 11 is 0. The van der Waals surface area contributed by atoms with E-state index in [0.717, 1.165) is 70.3 Å². The van der Waals surface area contributed by atoms with Crippen LogP contribution in [0.5, 0.6) is 0 Å². The van der Waals surface area contributed by atoms with Gasteiger partial charge in [0.2, 0.25) is 0 Å². The van der Waals surface area contributed by atoms with E-state index in [4.69, 9.17) is 14.5 Å². The summed E-state index contributed by atoms with van der Waals surface area (Å²) in [6, 6.07) is 0. The molecule has 2 bridgehead atoms. The predicted octanol–water partition coefficient (Wildman–Crippen LogP) is 1.79. The first kappa shape index (κ1) is 20.6. The molecule has 0 aromatic carbocycles. The van der Waals surface area contributed by atoms with Crippen molar-refractivity contribution in [2.24, 2.45) is 16.8 Å². The van der Waals surface area contributed by atoms with Gasteiger partial charge in [0.05, 0.1) is 32.0 Å². The third-order valence-corrected chi connectivity index (χ3v) is 6.57. The van der Waals surface area contributed by atoms with Crippen LogP contribution < -0.4 is 5.32 Å². The van der Waals surface area contributed by atoms with E-state index in [1.807, 2.05) is 0 Å². The summed E-state index contributed by atoms with van der Waals surface area (Å²) in [6.07, 6.45) is 3.54. The highest BCUT2D eigenvalue weighted by atomic mass is 127. The minimum Gasteiger partial charge on any atom is -0.379 e. The average Bonchev–Trinajstić information content (AvgIpc) is 3.32. The molecule has 6 nitrogen and oxygen atoms in total. The largest absolute Gasteiger partial charge is 0.379 e. The van der Waals surface area contributed by atoms with Crippen LogP contribution in [-0.4, -0.2) is 86.0 Å². The third kappa shape index (κ3) is 4.00. The normalized spacial score (nSPS) is 34.7. The first-order valence-electron chi connectivity index (χ1n) is 10.1. The molecule has 26 heavy (non-hydrogen) atoms. The van der Waals surface area contributed by atoms with E-state index in [-0.39, 0.29) is 29.5 Å². The monoisotopic (exact) mass is 478 g/mol. The van der Waals surface area contributed by atoms with Gasteiger partial charge in [0, 0.05) is 50.1 Å². The van der Waals surface area contributed by atoms with Gasteiger partial charge in [-0.3, -0.25) is 9.89 Å². The predicted molar refractivity (Wildman–Crippen MR) is 114 cm³/mol. The van der Waals surface area contributed by atoms with Crippen LogP contribution in [-0.2, 0) is 9.47 Å². The highest BCUT2D eigenvalue weighted by molar-refractivity contribution is 14.0. The number of fused-ring (bicyclic) bond motifs is 5. The Kier molecular flexibility index (Phi) is 6.73. The molecule has 0 saturated carbocycles. The number of halogens is 1. The zero-order valence-electron chi connectivity index (χ0n) is 16.4. The number of aliphatic imine (C=N–C) groups is 1. The zero-order valence-corrected chi connectivity index (χ0v) is 18.8. The molecule has 4 aliphatic heterocycles. The molecule has 4 saturated heterocycles. The van der Waals surface area contributed by atoms with Crippen molar-refractivity contribution in [3.63, 3.8) is 0 Å². The van der Waals surface area contributed by atoms with Crippen LogP contribution in [0.4, 0.5) is 0 Å². The summed E-state index contributed by atoms with van der Waals surface area (Å²) < 4.78 is 11.6. The van der Waals surface area contributed by atoms with E-state index in [9.17, 15) is 0 Å². The van der Waals surface area contributed by atoms with Gasteiger partial charge >= 0.3 is 0 Å². The third-order valence-electron chi connectivity index (χ3n) is 6.57. The first-order valence-corrected chi connectivity index (χ1v) is 10.1. The smallest absolute Gasteiger partial charge is 0.194 e. The fraction of sp³-hybridized carbons (Fsp3) is 0.947. The van der Waals surface area contributed by atoms with Gasteiger partial charge in [-0.2, -0.15) is 0 Å². The molecule has 4 fully saturated rings. The molecule has 4 atom stereocenters. The lowest BCUT2D eigenvalue weighted by molar-refractivity contribution is -0.00689. The molecule has 0 radical (unpaired) electrons. The molecule has 4 rings (SSSR count). The number of morpholine rings is 1. The summed E-state index contributed by atoms with van der Waals surface area (Å²) in [5, 5.41) is 3.53. The fourth-order valence-corrected chi connectivity index (χ4v) is 5.10. The van der Waals surface area contributed by atoms with Crippen LogP contribution >= 0.6 is 24.0 Å². The van der Waals surface area contributed by atoms with Gasteiger partial charge in [0.1, 0.15) is 0 Å². The molecule has 7 heteroatoms. The summed E-state index contributed by atoms with van der Waals surface area (Å²) in [6.45, 7) is 14.4. The molecule has 150 valence electrons. The molecule has 4 unspecified atom stereocenters. The summed E-state index contributed by atoms with van der Waals surface area (Å²) in [5.41, 5.74) is 0.0716. The zero-order chi connectivity index (χ0) is 17.4. The van der Waals surface area contributed by atoms with Crippen LogP contribution in [0.25, 0.3) is 0 Å². The van der Waals surface area contributed by atoms with Crippen molar-refractivity contribution < 1.29 is 9.47 Å². The van der Waals surface area contributed by atoms with Crippen molar-refractivity contribution in [2.45, 2.75) is 51.4 Å². The first-order chi connectivity index (χ1) is 12.1. The lowest BCUT2D eigenvalue weighted by Crippen LogP contribution is -2.52. The summed E-state index contributed by atoms with van der Waals surface area (Å²) in [7, 11) is 0. The standard InChI is InChI=1S/C19H34N4O2.HI/c1-4-20-18(21-13-19(2,3)23-7-9-24-10-8-23)22-11-14-15(12-22)17-6-5-16(14)25-17;/h14-17H,4-13H2,1-3H3,(H,20,21);1H. The summed E-state index contributed by atoms with van der Waals surface area (Å²) in [5.74, 6) is 2.53. The van der Waals surface area contributed by atoms with Crippen LogP contribution in [0, 0.1) is 11.8 Å². The van der Waals surface area contributed by atoms with E-state index in [1.54, 1.807) is 0 Å². The molecule has 4 aliphatic rings. The Hall–Kier alpha value is -0.120. The maximum Gasteiger partial charge on any atom is 0.194 e. The Morgan fingerprint density at radius 1 is 1.12 bits per heavy atom.